The molecule has 0 fully saturated rings. The molecule has 3 rings (SSSR count). The predicted octanol–water partition coefficient (Wildman–Crippen LogP) is 5.09. The molecule has 0 bridgehead atoms. The van der Waals surface area contributed by atoms with Crippen molar-refractivity contribution in [3.8, 4) is 16.9 Å². The number of sulfonamides is 1. The summed E-state index contributed by atoms with van der Waals surface area (Å²) in [6.07, 6.45) is 0. The highest BCUT2D eigenvalue weighted by Crippen LogP contribution is 2.36. The van der Waals surface area contributed by atoms with Crippen molar-refractivity contribution >= 4 is 27.3 Å². The molecule has 0 radical (unpaired) electrons. The van der Waals surface area contributed by atoms with Crippen LogP contribution in [0.4, 0.5) is 14.5 Å². The molecule has 0 heterocycles. The Bertz CT molecular complexity index is 1090. The number of hydrogen-bond donors (Lipinski definition) is 1. The molecular weight excluding hydrogens is 396 g/mol. The third-order valence-corrected chi connectivity index (χ3v) is 5.51. The van der Waals surface area contributed by atoms with E-state index in [0.29, 0.717) is 16.3 Å². The lowest BCUT2D eigenvalue weighted by molar-refractivity contribution is 0.415. The van der Waals surface area contributed by atoms with E-state index < -0.39 is 21.7 Å². The molecule has 0 amide bonds. The van der Waals surface area contributed by atoms with Gasteiger partial charge in [0, 0.05) is 11.6 Å². The Balaban J connectivity index is 2.12. The van der Waals surface area contributed by atoms with Gasteiger partial charge in [0.15, 0.2) is 11.6 Å². The zero-order valence-electron chi connectivity index (χ0n) is 14.0. The van der Waals surface area contributed by atoms with E-state index in [1.807, 2.05) is 0 Å². The van der Waals surface area contributed by atoms with Gasteiger partial charge in [0.25, 0.3) is 10.0 Å². The molecule has 0 aliphatic heterocycles. The van der Waals surface area contributed by atoms with E-state index >= 15 is 0 Å². The van der Waals surface area contributed by atoms with Gasteiger partial charge in [0.2, 0.25) is 0 Å². The molecule has 140 valence electrons. The van der Waals surface area contributed by atoms with Crippen LogP contribution in [0.5, 0.6) is 5.75 Å². The van der Waals surface area contributed by atoms with Gasteiger partial charge < -0.3 is 4.74 Å². The normalized spacial score (nSPS) is 11.3. The molecule has 0 aliphatic carbocycles. The van der Waals surface area contributed by atoms with Crippen LogP contribution in [0.25, 0.3) is 11.1 Å². The zero-order valence-corrected chi connectivity index (χ0v) is 15.6. The third-order valence-electron chi connectivity index (χ3n) is 3.82. The van der Waals surface area contributed by atoms with Crippen molar-refractivity contribution in [3.63, 3.8) is 0 Å². The second kappa shape index (κ2) is 7.54. The summed E-state index contributed by atoms with van der Waals surface area (Å²) in [6, 6.07) is 13.9. The number of rotatable bonds is 5. The maximum absolute atomic E-state index is 13.9. The largest absolute Gasteiger partial charge is 0.495 e. The fourth-order valence-corrected chi connectivity index (χ4v) is 3.79. The zero-order chi connectivity index (χ0) is 19.6. The molecule has 0 saturated heterocycles. The van der Waals surface area contributed by atoms with E-state index in [2.05, 4.69) is 4.72 Å². The molecular formula is C19H14ClF2NO3S. The van der Waals surface area contributed by atoms with E-state index in [-0.39, 0.29) is 16.1 Å². The summed E-state index contributed by atoms with van der Waals surface area (Å²) in [5.74, 6) is -1.97. The van der Waals surface area contributed by atoms with Crippen LogP contribution < -0.4 is 9.46 Å². The molecule has 3 aromatic rings. The Morgan fingerprint density at radius 1 is 0.963 bits per heavy atom. The van der Waals surface area contributed by atoms with Crippen LogP contribution in [0.1, 0.15) is 0 Å². The lowest BCUT2D eigenvalue weighted by atomic mass is 10.0. The monoisotopic (exact) mass is 409 g/mol. The molecule has 0 aromatic heterocycles. The second-order valence-corrected chi connectivity index (χ2v) is 7.67. The van der Waals surface area contributed by atoms with E-state index in [1.54, 1.807) is 24.3 Å². The van der Waals surface area contributed by atoms with Crippen molar-refractivity contribution in [2.75, 3.05) is 11.8 Å². The van der Waals surface area contributed by atoms with Gasteiger partial charge in [0.1, 0.15) is 5.75 Å². The minimum absolute atomic E-state index is 0.00521. The molecule has 27 heavy (non-hydrogen) atoms. The van der Waals surface area contributed by atoms with E-state index in [9.17, 15) is 17.2 Å². The molecule has 3 aromatic carbocycles. The summed E-state index contributed by atoms with van der Waals surface area (Å²) in [5.41, 5.74) is 0.436. The Hall–Kier alpha value is -2.64. The van der Waals surface area contributed by atoms with Gasteiger partial charge in [-0.3, -0.25) is 4.72 Å². The molecule has 8 heteroatoms. The first-order chi connectivity index (χ1) is 12.8. The Morgan fingerprint density at radius 2 is 1.63 bits per heavy atom. The first kappa shape index (κ1) is 19.1. The number of methoxy groups -OCH3 is 1. The number of ether oxygens (including phenoxy) is 1. The van der Waals surface area contributed by atoms with Gasteiger partial charge in [0.05, 0.1) is 22.7 Å². The van der Waals surface area contributed by atoms with Gasteiger partial charge in [-0.1, -0.05) is 35.9 Å². The molecule has 0 unspecified atom stereocenters. The average molecular weight is 410 g/mol. The molecule has 1 N–H and O–H groups in total. The molecule has 0 spiro atoms. The van der Waals surface area contributed by atoms with Crippen molar-refractivity contribution in [1.82, 2.24) is 0 Å². The van der Waals surface area contributed by atoms with Gasteiger partial charge >= 0.3 is 0 Å². The maximum atomic E-state index is 13.9. The van der Waals surface area contributed by atoms with Gasteiger partial charge in [-0.05, 0) is 35.9 Å². The van der Waals surface area contributed by atoms with Gasteiger partial charge in [-0.15, -0.1) is 0 Å². The lowest BCUT2D eigenvalue weighted by Crippen LogP contribution is -2.14. The van der Waals surface area contributed by atoms with Crippen LogP contribution in [0, 0.1) is 11.6 Å². The maximum Gasteiger partial charge on any atom is 0.261 e. The topological polar surface area (TPSA) is 55.4 Å². The van der Waals surface area contributed by atoms with Crippen LogP contribution >= 0.6 is 11.6 Å². The number of hydrogen-bond acceptors (Lipinski definition) is 3. The fourth-order valence-electron chi connectivity index (χ4n) is 2.50. The van der Waals surface area contributed by atoms with Crippen LogP contribution in [0.2, 0.25) is 5.02 Å². The number of nitrogens with one attached hydrogen (secondary N) is 1. The van der Waals surface area contributed by atoms with Crippen LogP contribution in [-0.2, 0) is 10.0 Å². The minimum atomic E-state index is -3.99. The number of anilines is 1. The summed E-state index contributed by atoms with van der Waals surface area (Å²) in [7, 11) is -2.58. The van der Waals surface area contributed by atoms with Crippen LogP contribution in [-0.4, -0.2) is 15.5 Å². The summed E-state index contributed by atoms with van der Waals surface area (Å²) >= 11 is 6.00. The SMILES string of the molecule is COc1cc(-c2cc(F)c(F)cc2NS(=O)(=O)c2ccccc2)ccc1Cl. The first-order valence-corrected chi connectivity index (χ1v) is 9.59. The highest BCUT2D eigenvalue weighted by Gasteiger charge is 2.19. The molecule has 0 saturated carbocycles. The average Bonchev–Trinajstić information content (AvgIpc) is 2.65. The Morgan fingerprint density at radius 3 is 2.30 bits per heavy atom. The quantitative estimate of drug-likeness (QED) is 0.638. The lowest BCUT2D eigenvalue weighted by Gasteiger charge is -2.15. The molecule has 0 atom stereocenters. The van der Waals surface area contributed by atoms with E-state index in [1.165, 1.54) is 31.4 Å². The van der Waals surface area contributed by atoms with Gasteiger partial charge in [-0.25, -0.2) is 17.2 Å². The summed E-state index contributed by atoms with van der Waals surface area (Å²) in [6.45, 7) is 0. The molecule has 4 nitrogen and oxygen atoms in total. The Labute approximate surface area is 160 Å². The summed E-state index contributed by atoms with van der Waals surface area (Å²) in [4.78, 5) is -0.00521. The van der Waals surface area contributed by atoms with E-state index in [4.69, 9.17) is 16.3 Å². The van der Waals surface area contributed by atoms with Crippen molar-refractivity contribution in [1.29, 1.82) is 0 Å². The second-order valence-electron chi connectivity index (χ2n) is 5.58. The first-order valence-electron chi connectivity index (χ1n) is 7.72. The number of benzene rings is 3. The predicted molar refractivity (Wildman–Crippen MR) is 101 cm³/mol. The van der Waals surface area contributed by atoms with Crippen molar-refractivity contribution in [2.24, 2.45) is 0 Å². The fraction of sp³-hybridized carbons (Fsp3) is 0.0526. The highest BCUT2D eigenvalue weighted by molar-refractivity contribution is 7.92. The Kier molecular flexibility index (Phi) is 5.34. The van der Waals surface area contributed by atoms with Gasteiger partial charge in [-0.2, -0.15) is 0 Å². The van der Waals surface area contributed by atoms with Crippen molar-refractivity contribution < 1.29 is 21.9 Å². The number of halogens is 3. The van der Waals surface area contributed by atoms with Crippen molar-refractivity contribution in [3.05, 3.63) is 77.3 Å². The smallest absolute Gasteiger partial charge is 0.261 e. The summed E-state index contributed by atoms with van der Waals surface area (Å²) in [5, 5.41) is 0.329. The van der Waals surface area contributed by atoms with Crippen LogP contribution in [0.15, 0.2) is 65.6 Å². The van der Waals surface area contributed by atoms with Crippen LogP contribution in [0.3, 0.4) is 0 Å². The minimum Gasteiger partial charge on any atom is -0.495 e. The van der Waals surface area contributed by atoms with Crippen molar-refractivity contribution in [2.45, 2.75) is 4.90 Å². The highest BCUT2D eigenvalue weighted by atomic mass is 35.5. The standard InChI is InChI=1S/C19H14ClF2NO3S/c1-26-19-9-12(7-8-15(19)20)14-10-16(21)17(22)11-18(14)23-27(24,25)13-5-3-2-4-6-13/h2-11,23H,1H3. The summed E-state index contributed by atoms with van der Waals surface area (Å²) < 4.78 is 60.3. The third kappa shape index (κ3) is 4.04. The molecule has 0 aliphatic rings. The van der Waals surface area contributed by atoms with E-state index in [0.717, 1.165) is 12.1 Å².